The number of ether oxygens (including phenoxy) is 1. The molecule has 2 rings (SSSR count). The molecule has 2 aromatic rings. The van der Waals surface area contributed by atoms with Gasteiger partial charge in [-0.25, -0.2) is 9.97 Å². The minimum atomic E-state index is -0.446. The summed E-state index contributed by atoms with van der Waals surface area (Å²) in [6, 6.07) is 1.86. The van der Waals surface area contributed by atoms with E-state index in [0.29, 0.717) is 11.5 Å². The maximum atomic E-state index is 11.9. The summed E-state index contributed by atoms with van der Waals surface area (Å²) in [6.07, 6.45) is 5.54. The number of rotatable bonds is 4. The van der Waals surface area contributed by atoms with E-state index < -0.39 is 5.60 Å². The number of aromatic nitrogens is 3. The van der Waals surface area contributed by atoms with Crippen molar-refractivity contribution in [1.82, 2.24) is 14.4 Å². The number of hydrogen-bond acceptors (Lipinski definition) is 5. The Kier molecular flexibility index (Phi) is 4.32. The third-order valence-electron chi connectivity index (χ3n) is 2.51. The highest BCUT2D eigenvalue weighted by molar-refractivity contribution is 7.99. The number of fused-ring (bicyclic) bond motifs is 1. The van der Waals surface area contributed by atoms with Gasteiger partial charge in [-0.15, -0.1) is 11.8 Å². The van der Waals surface area contributed by atoms with Crippen LogP contribution >= 0.6 is 11.8 Å². The molecule has 0 aliphatic carbocycles. The highest BCUT2D eigenvalue weighted by Crippen LogP contribution is 2.20. The molecule has 0 aliphatic heterocycles. The van der Waals surface area contributed by atoms with Gasteiger partial charge in [-0.1, -0.05) is 0 Å². The Hall–Kier alpha value is -1.56. The van der Waals surface area contributed by atoms with Gasteiger partial charge in [0, 0.05) is 24.3 Å². The molecule has 0 aliphatic rings. The summed E-state index contributed by atoms with van der Waals surface area (Å²) in [5, 5.41) is -0.216. The number of carbonyl (C=O) groups is 1. The Morgan fingerprint density at radius 1 is 1.50 bits per heavy atom. The summed E-state index contributed by atoms with van der Waals surface area (Å²) in [5.74, 6) is 1.14. The first kappa shape index (κ1) is 14.8. The SMILES string of the molecule is CC(SCc1cn2cccnc2n1)C(=O)OC(C)(C)C. The lowest BCUT2D eigenvalue weighted by Crippen LogP contribution is -2.28. The van der Waals surface area contributed by atoms with Crippen LogP contribution < -0.4 is 0 Å². The fourth-order valence-corrected chi connectivity index (χ4v) is 2.36. The summed E-state index contributed by atoms with van der Waals surface area (Å²) in [5.41, 5.74) is 0.461. The first-order chi connectivity index (χ1) is 9.35. The average molecular weight is 293 g/mol. The minimum absolute atomic E-state index is 0.190. The van der Waals surface area contributed by atoms with E-state index in [1.807, 2.05) is 50.6 Å². The second-order valence-electron chi connectivity index (χ2n) is 5.55. The first-order valence-corrected chi connectivity index (χ1v) is 7.53. The van der Waals surface area contributed by atoms with E-state index in [-0.39, 0.29) is 11.2 Å². The lowest BCUT2D eigenvalue weighted by Gasteiger charge is -2.21. The van der Waals surface area contributed by atoms with E-state index in [1.54, 1.807) is 6.20 Å². The summed E-state index contributed by atoms with van der Waals surface area (Å²) >= 11 is 1.52. The van der Waals surface area contributed by atoms with E-state index in [9.17, 15) is 4.79 Å². The summed E-state index contributed by atoms with van der Waals surface area (Å²) < 4.78 is 7.22. The Bertz CT molecular complexity index is 571. The van der Waals surface area contributed by atoms with Crippen molar-refractivity contribution in [2.75, 3.05) is 0 Å². The minimum Gasteiger partial charge on any atom is -0.459 e. The molecule has 0 spiro atoms. The zero-order valence-corrected chi connectivity index (χ0v) is 13.0. The molecule has 0 N–H and O–H groups in total. The predicted octanol–water partition coefficient (Wildman–Crippen LogP) is 2.69. The van der Waals surface area contributed by atoms with Crippen molar-refractivity contribution >= 4 is 23.5 Å². The van der Waals surface area contributed by atoms with E-state index in [1.165, 1.54) is 11.8 Å². The van der Waals surface area contributed by atoms with Crippen LogP contribution in [0.15, 0.2) is 24.7 Å². The van der Waals surface area contributed by atoms with Gasteiger partial charge in [0.1, 0.15) is 5.60 Å². The molecule has 0 bridgehead atoms. The second kappa shape index (κ2) is 5.83. The molecule has 5 nitrogen and oxygen atoms in total. The molecule has 20 heavy (non-hydrogen) atoms. The number of nitrogens with zero attached hydrogens (tertiary/aromatic N) is 3. The highest BCUT2D eigenvalue weighted by atomic mass is 32.2. The molecule has 1 unspecified atom stereocenters. The van der Waals surface area contributed by atoms with Crippen molar-refractivity contribution in [3.8, 4) is 0 Å². The number of thioether (sulfide) groups is 1. The average Bonchev–Trinajstić information content (AvgIpc) is 2.76. The third kappa shape index (κ3) is 3.96. The molecule has 0 fully saturated rings. The molecule has 0 amide bonds. The van der Waals surface area contributed by atoms with Crippen LogP contribution in [0.2, 0.25) is 0 Å². The van der Waals surface area contributed by atoms with Crippen molar-refractivity contribution in [3.05, 3.63) is 30.4 Å². The van der Waals surface area contributed by atoms with Crippen LogP contribution in [0.4, 0.5) is 0 Å². The van der Waals surface area contributed by atoms with Gasteiger partial charge in [-0.2, -0.15) is 0 Å². The lowest BCUT2D eigenvalue weighted by atomic mass is 10.2. The number of hydrogen-bond donors (Lipinski definition) is 0. The predicted molar refractivity (Wildman–Crippen MR) is 79.6 cm³/mol. The van der Waals surface area contributed by atoms with Crippen molar-refractivity contribution in [2.45, 2.75) is 44.3 Å². The van der Waals surface area contributed by atoms with Crippen LogP contribution in [0.25, 0.3) is 5.78 Å². The van der Waals surface area contributed by atoms with Gasteiger partial charge >= 0.3 is 5.97 Å². The Morgan fingerprint density at radius 3 is 2.90 bits per heavy atom. The van der Waals surface area contributed by atoms with Gasteiger partial charge in [0.05, 0.1) is 10.9 Å². The van der Waals surface area contributed by atoms with Crippen molar-refractivity contribution in [1.29, 1.82) is 0 Å². The maximum Gasteiger partial charge on any atom is 0.319 e. The molecule has 0 saturated heterocycles. The number of carbonyl (C=O) groups excluding carboxylic acids is 1. The monoisotopic (exact) mass is 293 g/mol. The molecular weight excluding hydrogens is 274 g/mol. The molecular formula is C14H19N3O2S. The maximum absolute atomic E-state index is 11.9. The summed E-state index contributed by atoms with van der Waals surface area (Å²) in [7, 11) is 0. The van der Waals surface area contributed by atoms with E-state index >= 15 is 0 Å². The van der Waals surface area contributed by atoms with Gasteiger partial charge < -0.3 is 4.74 Å². The van der Waals surface area contributed by atoms with Gasteiger partial charge in [0.15, 0.2) is 0 Å². The molecule has 2 aromatic heterocycles. The molecule has 0 radical (unpaired) electrons. The van der Waals surface area contributed by atoms with E-state index in [2.05, 4.69) is 9.97 Å². The molecule has 6 heteroatoms. The van der Waals surface area contributed by atoms with Crippen LogP contribution in [0.5, 0.6) is 0 Å². The number of imidazole rings is 1. The largest absolute Gasteiger partial charge is 0.459 e. The molecule has 108 valence electrons. The number of esters is 1. The standard InChI is InChI=1S/C14H19N3O2S/c1-10(12(18)19-14(2,3)4)20-9-11-8-17-7-5-6-15-13(17)16-11/h5-8,10H,9H2,1-4H3. The van der Waals surface area contributed by atoms with Gasteiger partial charge in [-0.05, 0) is 33.8 Å². The Labute approximate surface area is 122 Å². The zero-order valence-electron chi connectivity index (χ0n) is 12.2. The highest BCUT2D eigenvalue weighted by Gasteiger charge is 2.22. The van der Waals surface area contributed by atoms with Gasteiger partial charge in [0.2, 0.25) is 5.78 Å². The van der Waals surface area contributed by atoms with Crippen molar-refractivity contribution < 1.29 is 9.53 Å². The van der Waals surface area contributed by atoms with Crippen LogP contribution in [-0.4, -0.2) is 31.2 Å². The molecule has 2 heterocycles. The van der Waals surface area contributed by atoms with Gasteiger partial charge in [-0.3, -0.25) is 9.20 Å². The van der Waals surface area contributed by atoms with Crippen LogP contribution in [0, 0.1) is 0 Å². The lowest BCUT2D eigenvalue weighted by molar-refractivity contribution is -0.153. The fraction of sp³-hybridized carbons (Fsp3) is 0.500. The summed E-state index contributed by atoms with van der Waals surface area (Å²) in [4.78, 5) is 20.4. The topological polar surface area (TPSA) is 56.5 Å². The van der Waals surface area contributed by atoms with Gasteiger partial charge in [0.25, 0.3) is 0 Å². The second-order valence-corrected chi connectivity index (χ2v) is 6.88. The van der Waals surface area contributed by atoms with Crippen molar-refractivity contribution in [3.63, 3.8) is 0 Å². The smallest absolute Gasteiger partial charge is 0.319 e. The van der Waals surface area contributed by atoms with Crippen LogP contribution in [0.3, 0.4) is 0 Å². The first-order valence-electron chi connectivity index (χ1n) is 6.48. The van der Waals surface area contributed by atoms with E-state index in [0.717, 1.165) is 5.69 Å². The fourth-order valence-electron chi connectivity index (χ4n) is 1.61. The van der Waals surface area contributed by atoms with Crippen LogP contribution in [0.1, 0.15) is 33.4 Å². The molecule has 1 atom stereocenters. The Balaban J connectivity index is 1.93. The van der Waals surface area contributed by atoms with E-state index in [4.69, 9.17) is 4.74 Å². The molecule has 0 aromatic carbocycles. The quantitative estimate of drug-likeness (QED) is 0.811. The normalized spacial score (nSPS) is 13.4. The molecule has 0 saturated carbocycles. The summed E-state index contributed by atoms with van der Waals surface area (Å²) in [6.45, 7) is 7.47. The van der Waals surface area contributed by atoms with Crippen molar-refractivity contribution in [2.24, 2.45) is 0 Å². The Morgan fingerprint density at radius 2 is 2.25 bits per heavy atom. The zero-order chi connectivity index (χ0) is 14.8. The van der Waals surface area contributed by atoms with Crippen LogP contribution in [-0.2, 0) is 15.3 Å². The third-order valence-corrected chi connectivity index (χ3v) is 3.66.